The first-order valence-corrected chi connectivity index (χ1v) is 12.5. The zero-order chi connectivity index (χ0) is 25.4. The fourth-order valence-corrected chi connectivity index (χ4v) is 5.63. The second kappa shape index (κ2) is 9.61. The van der Waals surface area contributed by atoms with Crippen LogP contribution in [0.3, 0.4) is 0 Å². The molecule has 0 unspecified atom stereocenters. The van der Waals surface area contributed by atoms with Crippen LogP contribution < -0.4 is 10.3 Å². The maximum Gasteiger partial charge on any atom is 0.573 e. The molecule has 188 valence electrons. The van der Waals surface area contributed by atoms with Gasteiger partial charge in [0.15, 0.2) is 11.4 Å². The summed E-state index contributed by atoms with van der Waals surface area (Å²) in [6.45, 7) is 3.60. The van der Waals surface area contributed by atoms with Crippen LogP contribution in [0.25, 0.3) is 11.2 Å². The highest BCUT2D eigenvalue weighted by Crippen LogP contribution is 2.41. The first kappa shape index (κ1) is 24.4. The van der Waals surface area contributed by atoms with Crippen molar-refractivity contribution in [3.05, 3.63) is 74.0 Å². The summed E-state index contributed by atoms with van der Waals surface area (Å²) in [4.78, 5) is 32.5. The summed E-state index contributed by atoms with van der Waals surface area (Å²) in [5, 5.41) is 0. The van der Waals surface area contributed by atoms with E-state index < -0.39 is 12.1 Å². The van der Waals surface area contributed by atoms with Gasteiger partial charge in [-0.05, 0) is 63.6 Å². The number of hydrogen-bond acceptors (Lipinski definition) is 7. The number of alkyl halides is 3. The van der Waals surface area contributed by atoms with Crippen molar-refractivity contribution in [2.24, 2.45) is 0 Å². The van der Waals surface area contributed by atoms with E-state index in [0.717, 1.165) is 31.4 Å². The first-order chi connectivity index (χ1) is 17.2. The zero-order valence-electron chi connectivity index (χ0n) is 19.7. The Kier molecular flexibility index (Phi) is 6.50. The predicted octanol–water partition coefficient (Wildman–Crippen LogP) is 5.65. The van der Waals surface area contributed by atoms with Gasteiger partial charge in [0.2, 0.25) is 0 Å². The highest BCUT2D eigenvalue weighted by atomic mass is 32.1. The number of halogens is 3. The van der Waals surface area contributed by atoms with Gasteiger partial charge >= 0.3 is 6.36 Å². The Morgan fingerprint density at radius 1 is 1.11 bits per heavy atom. The lowest BCUT2D eigenvalue weighted by Crippen LogP contribution is -2.29. The van der Waals surface area contributed by atoms with Crippen molar-refractivity contribution in [1.29, 1.82) is 0 Å². The topological polar surface area (TPSA) is 82.8 Å². The summed E-state index contributed by atoms with van der Waals surface area (Å²) in [5.74, 6) is -0.0653. The van der Waals surface area contributed by atoms with Gasteiger partial charge in [0, 0.05) is 28.8 Å². The number of aromatic nitrogens is 5. The van der Waals surface area contributed by atoms with E-state index in [0.29, 0.717) is 28.3 Å². The molecular formula is C25H24F3N5O2S. The van der Waals surface area contributed by atoms with Crippen molar-refractivity contribution in [2.75, 3.05) is 0 Å². The van der Waals surface area contributed by atoms with Gasteiger partial charge in [-0.3, -0.25) is 19.3 Å². The minimum Gasteiger partial charge on any atom is -0.404 e. The lowest BCUT2D eigenvalue weighted by Gasteiger charge is -2.28. The molecule has 1 fully saturated rings. The third-order valence-corrected chi connectivity index (χ3v) is 7.43. The minimum atomic E-state index is -4.88. The predicted molar refractivity (Wildman–Crippen MR) is 129 cm³/mol. The van der Waals surface area contributed by atoms with Gasteiger partial charge in [-0.25, -0.2) is 9.97 Å². The Morgan fingerprint density at radius 3 is 2.56 bits per heavy atom. The fraction of sp³-hybridized carbons (Fsp3) is 0.400. The smallest absolute Gasteiger partial charge is 0.404 e. The summed E-state index contributed by atoms with van der Waals surface area (Å²) in [5.41, 5.74) is 4.72. The Bertz CT molecular complexity index is 1460. The van der Waals surface area contributed by atoms with Gasteiger partial charge < -0.3 is 4.74 Å². The van der Waals surface area contributed by atoms with Crippen LogP contribution >= 0.6 is 11.3 Å². The maximum atomic E-state index is 13.8. The van der Waals surface area contributed by atoms with Crippen LogP contribution in [0.15, 0.2) is 40.9 Å². The molecule has 36 heavy (non-hydrogen) atoms. The molecule has 0 amide bonds. The molecule has 0 atom stereocenters. The van der Waals surface area contributed by atoms with Crippen molar-refractivity contribution in [3.8, 4) is 5.75 Å². The van der Waals surface area contributed by atoms with Gasteiger partial charge in [-0.2, -0.15) is 0 Å². The molecule has 1 aliphatic rings. The van der Waals surface area contributed by atoms with E-state index in [1.807, 2.05) is 5.51 Å². The second-order valence-electron chi connectivity index (χ2n) is 9.05. The molecule has 4 heterocycles. The van der Waals surface area contributed by atoms with Crippen molar-refractivity contribution >= 4 is 22.5 Å². The summed E-state index contributed by atoms with van der Waals surface area (Å²) >= 11 is 1.64. The third kappa shape index (κ3) is 4.97. The van der Waals surface area contributed by atoms with E-state index in [2.05, 4.69) is 31.6 Å². The number of nitrogens with zero attached hydrogens (tertiary/aromatic N) is 5. The van der Waals surface area contributed by atoms with Crippen molar-refractivity contribution in [3.63, 3.8) is 0 Å². The van der Waals surface area contributed by atoms with E-state index in [-0.39, 0.29) is 23.7 Å². The molecule has 1 aliphatic carbocycles. The minimum absolute atomic E-state index is 0.0126. The Hall–Kier alpha value is -3.34. The van der Waals surface area contributed by atoms with Crippen LogP contribution in [0, 0.1) is 13.8 Å². The molecule has 4 aromatic rings. The Labute approximate surface area is 209 Å². The molecule has 0 aromatic carbocycles. The Balaban J connectivity index is 1.52. The molecule has 4 aromatic heterocycles. The Morgan fingerprint density at radius 2 is 1.86 bits per heavy atom. The lowest BCUT2D eigenvalue weighted by atomic mass is 9.77. The van der Waals surface area contributed by atoms with Crippen LogP contribution in [0.1, 0.15) is 65.0 Å². The quantitative estimate of drug-likeness (QED) is 0.342. The first-order valence-electron chi connectivity index (χ1n) is 11.7. The maximum absolute atomic E-state index is 13.8. The third-order valence-electron chi connectivity index (χ3n) is 6.66. The fourth-order valence-electron chi connectivity index (χ4n) is 4.97. The number of hydrogen-bond donors (Lipinski definition) is 0. The molecule has 0 saturated heterocycles. The normalized spacial score (nSPS) is 18.5. The zero-order valence-corrected chi connectivity index (χ0v) is 20.6. The van der Waals surface area contributed by atoms with E-state index in [1.54, 1.807) is 30.5 Å². The molecule has 0 bridgehead atoms. The molecule has 0 spiro atoms. The van der Waals surface area contributed by atoms with Crippen LogP contribution in [-0.2, 0) is 6.54 Å². The molecule has 0 N–H and O–H groups in total. The average Bonchev–Trinajstić information content (AvgIpc) is 3.27. The lowest BCUT2D eigenvalue weighted by molar-refractivity contribution is -0.275. The molecule has 1 saturated carbocycles. The summed E-state index contributed by atoms with van der Waals surface area (Å²) < 4.78 is 44.4. The highest BCUT2D eigenvalue weighted by molar-refractivity contribution is 7.09. The molecule has 0 aliphatic heterocycles. The van der Waals surface area contributed by atoms with E-state index >= 15 is 0 Å². The van der Waals surface area contributed by atoms with Crippen molar-refractivity contribution in [2.45, 2.75) is 64.3 Å². The summed E-state index contributed by atoms with van der Waals surface area (Å²) in [6, 6.07) is 4.32. The SMILES string of the molecule is Cc1cnc2cc([C@H]3CC[C@H](c4ncsc4C)CC3)c(=O)n(Cc3ncccc3OC(F)(F)F)c2n1. The molecule has 5 rings (SSSR count). The molecular weight excluding hydrogens is 491 g/mol. The van der Waals surface area contributed by atoms with Crippen molar-refractivity contribution in [1.82, 2.24) is 24.5 Å². The van der Waals surface area contributed by atoms with Crippen molar-refractivity contribution < 1.29 is 17.9 Å². The van der Waals surface area contributed by atoms with Gasteiger partial charge in [0.1, 0.15) is 11.2 Å². The van der Waals surface area contributed by atoms with Gasteiger partial charge in [-0.1, -0.05) is 0 Å². The monoisotopic (exact) mass is 515 g/mol. The standard InChI is InChI=1S/C25H24F3N5O2S/c1-14-11-30-19-10-18(16-5-7-17(8-6-16)22-15(2)36-13-31-22)24(34)33(23(19)32-14)12-20-21(4-3-9-29-20)35-25(26,27)28/h3-4,9-11,13,16-17H,5-8,12H2,1-2H3/t16-,17-. The summed E-state index contributed by atoms with van der Waals surface area (Å²) in [6.07, 6.45) is 1.56. The molecule has 7 nitrogen and oxygen atoms in total. The number of aryl methyl sites for hydroxylation is 2. The van der Waals surface area contributed by atoms with Crippen LogP contribution in [0.4, 0.5) is 13.2 Å². The number of ether oxygens (including phenoxy) is 1. The van der Waals surface area contributed by atoms with Gasteiger partial charge in [-0.15, -0.1) is 24.5 Å². The number of rotatable bonds is 5. The van der Waals surface area contributed by atoms with Gasteiger partial charge in [0.05, 0.1) is 23.4 Å². The van der Waals surface area contributed by atoms with Crippen LogP contribution in [0.5, 0.6) is 5.75 Å². The van der Waals surface area contributed by atoms with Crippen LogP contribution in [-0.4, -0.2) is 30.9 Å². The molecule has 0 radical (unpaired) electrons. The molecule has 11 heteroatoms. The highest BCUT2D eigenvalue weighted by Gasteiger charge is 2.33. The van der Waals surface area contributed by atoms with Gasteiger partial charge in [0.25, 0.3) is 5.56 Å². The van der Waals surface area contributed by atoms with E-state index in [4.69, 9.17) is 0 Å². The number of thiazole rings is 1. The average molecular weight is 516 g/mol. The summed E-state index contributed by atoms with van der Waals surface area (Å²) in [7, 11) is 0. The van der Waals surface area contributed by atoms with Crippen LogP contribution in [0.2, 0.25) is 0 Å². The largest absolute Gasteiger partial charge is 0.573 e. The van der Waals surface area contributed by atoms with E-state index in [1.165, 1.54) is 27.8 Å². The van der Waals surface area contributed by atoms with E-state index in [9.17, 15) is 18.0 Å². The number of fused-ring (bicyclic) bond motifs is 1. The number of pyridine rings is 2. The second-order valence-corrected chi connectivity index (χ2v) is 10.1.